The summed E-state index contributed by atoms with van der Waals surface area (Å²) in [7, 11) is 0. The number of esters is 2. The van der Waals surface area contributed by atoms with E-state index >= 15 is 0 Å². The van der Waals surface area contributed by atoms with E-state index in [0.717, 1.165) is 5.56 Å². The Balaban J connectivity index is 1.78. The van der Waals surface area contributed by atoms with E-state index in [1.165, 1.54) is 16.3 Å². The Labute approximate surface area is 211 Å². The zero-order valence-corrected chi connectivity index (χ0v) is 21.5. The van der Waals surface area contributed by atoms with Crippen LogP contribution in [0.2, 0.25) is 0 Å². The van der Waals surface area contributed by atoms with Crippen molar-refractivity contribution in [2.45, 2.75) is 53.4 Å². The molecule has 0 saturated heterocycles. The highest BCUT2D eigenvalue weighted by molar-refractivity contribution is 6.07. The zero-order chi connectivity index (χ0) is 25.8. The van der Waals surface area contributed by atoms with Gasteiger partial charge < -0.3 is 14.0 Å². The van der Waals surface area contributed by atoms with E-state index in [2.05, 4.69) is 34.4 Å². The van der Waals surface area contributed by atoms with Gasteiger partial charge in [0.25, 0.3) is 0 Å². The van der Waals surface area contributed by atoms with Gasteiger partial charge in [0.05, 0.1) is 24.5 Å². The van der Waals surface area contributed by atoms with Crippen LogP contribution in [0.25, 0.3) is 10.8 Å². The summed E-state index contributed by atoms with van der Waals surface area (Å²) in [5.41, 5.74) is 4.00. The van der Waals surface area contributed by atoms with E-state index in [-0.39, 0.29) is 13.2 Å². The first-order valence-corrected chi connectivity index (χ1v) is 12.4. The largest absolute Gasteiger partial charge is 0.465 e. The molecular weight excluding hydrogens is 456 g/mol. The molecule has 1 aromatic heterocycles. The maximum absolute atomic E-state index is 13.2. The van der Waals surface area contributed by atoms with Gasteiger partial charge in [-0.05, 0) is 57.4 Å². The zero-order valence-electron chi connectivity index (χ0n) is 21.5. The fourth-order valence-corrected chi connectivity index (χ4v) is 5.12. The summed E-state index contributed by atoms with van der Waals surface area (Å²) in [6.45, 7) is 9.34. The van der Waals surface area contributed by atoms with Crippen molar-refractivity contribution in [1.29, 1.82) is 0 Å². The number of hydrogen-bond donors (Lipinski definition) is 0. The molecule has 188 valence electrons. The summed E-state index contributed by atoms with van der Waals surface area (Å²) >= 11 is 0. The minimum atomic E-state index is -0.775. The number of fused-ring (bicyclic) bond motifs is 1. The highest BCUT2D eigenvalue weighted by Crippen LogP contribution is 2.43. The summed E-state index contributed by atoms with van der Waals surface area (Å²) in [6.07, 6.45) is 1.27. The highest BCUT2D eigenvalue weighted by Gasteiger charge is 2.45. The van der Waals surface area contributed by atoms with Gasteiger partial charge in [0.1, 0.15) is 11.7 Å². The smallest absolute Gasteiger partial charge is 0.336 e. The van der Waals surface area contributed by atoms with E-state index in [0.29, 0.717) is 41.3 Å². The van der Waals surface area contributed by atoms with E-state index in [4.69, 9.17) is 14.0 Å². The molecule has 0 saturated carbocycles. The number of nitrogens with zero attached hydrogens (tertiary/aromatic N) is 2. The molecule has 7 nitrogen and oxygen atoms in total. The third-order valence-corrected chi connectivity index (χ3v) is 6.66. The Bertz CT molecular complexity index is 1350. The second-order valence-electron chi connectivity index (χ2n) is 8.92. The van der Waals surface area contributed by atoms with Crippen molar-refractivity contribution < 1.29 is 23.6 Å². The van der Waals surface area contributed by atoms with Crippen LogP contribution in [0.4, 0.5) is 0 Å². The number of aryl methyl sites for hydroxylation is 3. The molecule has 0 fully saturated rings. The Morgan fingerprint density at radius 1 is 0.944 bits per heavy atom. The number of aliphatic imine (C=N–C) groups is 1. The van der Waals surface area contributed by atoms with Gasteiger partial charge >= 0.3 is 11.9 Å². The van der Waals surface area contributed by atoms with Crippen molar-refractivity contribution in [2.24, 2.45) is 10.9 Å². The van der Waals surface area contributed by atoms with Gasteiger partial charge in [0.15, 0.2) is 0 Å². The number of ether oxygens (including phenoxy) is 2. The van der Waals surface area contributed by atoms with Gasteiger partial charge in [-0.3, -0.25) is 9.79 Å². The van der Waals surface area contributed by atoms with Crippen LogP contribution in [0, 0.1) is 12.8 Å². The SMILES string of the molecule is CCOC(=O)C1=C(C)N=C(C)C(C(=O)OCC)C1c1c(C)noc1CCc1cccc2ccccc12. The van der Waals surface area contributed by atoms with Crippen molar-refractivity contribution in [1.82, 2.24) is 5.16 Å². The fraction of sp³-hybridized carbons (Fsp3) is 0.379. The fourth-order valence-electron chi connectivity index (χ4n) is 5.12. The molecule has 0 spiro atoms. The summed E-state index contributed by atoms with van der Waals surface area (Å²) in [5, 5.41) is 6.61. The van der Waals surface area contributed by atoms with Crippen LogP contribution in [0.15, 0.2) is 63.3 Å². The second-order valence-corrected chi connectivity index (χ2v) is 8.92. The van der Waals surface area contributed by atoms with Gasteiger partial charge in [-0.1, -0.05) is 47.6 Å². The molecule has 0 amide bonds. The normalized spacial score (nSPS) is 17.8. The lowest BCUT2D eigenvalue weighted by Gasteiger charge is -2.31. The molecule has 1 aliphatic rings. The molecular formula is C29H32N2O5. The van der Waals surface area contributed by atoms with Crippen LogP contribution >= 0.6 is 0 Å². The summed E-state index contributed by atoms with van der Waals surface area (Å²) < 4.78 is 16.6. The molecule has 1 aliphatic heterocycles. The van der Waals surface area contributed by atoms with Crippen molar-refractivity contribution in [3.63, 3.8) is 0 Å². The van der Waals surface area contributed by atoms with Gasteiger partial charge in [-0.15, -0.1) is 0 Å². The van der Waals surface area contributed by atoms with E-state index in [1.54, 1.807) is 27.7 Å². The summed E-state index contributed by atoms with van der Waals surface area (Å²) in [5.74, 6) is -1.72. The maximum Gasteiger partial charge on any atom is 0.336 e. The van der Waals surface area contributed by atoms with Crippen LogP contribution in [0.5, 0.6) is 0 Å². The number of benzene rings is 2. The highest BCUT2D eigenvalue weighted by atomic mass is 16.5. The molecule has 3 aromatic rings. The maximum atomic E-state index is 13.2. The standard InChI is InChI=1S/C29H32N2O5/c1-6-34-28(32)25-17(3)30-18(4)26(29(33)35-7-2)27(25)24-19(5)31-36-23(24)16-15-21-13-10-12-20-11-8-9-14-22(20)21/h8-14,25,27H,6-7,15-16H2,1-5H3. The lowest BCUT2D eigenvalue weighted by Crippen LogP contribution is -2.37. The van der Waals surface area contributed by atoms with E-state index < -0.39 is 23.8 Å². The molecule has 0 radical (unpaired) electrons. The number of rotatable bonds is 8. The molecule has 2 unspecified atom stereocenters. The minimum Gasteiger partial charge on any atom is -0.465 e. The van der Waals surface area contributed by atoms with Crippen LogP contribution in [0.1, 0.15) is 56.2 Å². The molecule has 0 bridgehead atoms. The average Bonchev–Trinajstić information content (AvgIpc) is 3.22. The molecule has 0 N–H and O–H groups in total. The lowest BCUT2D eigenvalue weighted by molar-refractivity contribution is -0.146. The van der Waals surface area contributed by atoms with Crippen molar-refractivity contribution in [3.05, 3.63) is 76.3 Å². The van der Waals surface area contributed by atoms with Crippen LogP contribution < -0.4 is 0 Å². The minimum absolute atomic E-state index is 0.214. The van der Waals surface area contributed by atoms with Crippen LogP contribution in [-0.4, -0.2) is 36.0 Å². The Morgan fingerprint density at radius 2 is 1.67 bits per heavy atom. The van der Waals surface area contributed by atoms with Crippen molar-refractivity contribution in [2.75, 3.05) is 13.2 Å². The molecule has 2 heterocycles. The quantitative estimate of drug-likeness (QED) is 0.389. The van der Waals surface area contributed by atoms with Gasteiger partial charge in [0, 0.05) is 29.3 Å². The first-order valence-electron chi connectivity index (χ1n) is 12.4. The Hall–Kier alpha value is -3.74. The predicted molar refractivity (Wildman–Crippen MR) is 138 cm³/mol. The van der Waals surface area contributed by atoms with Crippen LogP contribution in [0.3, 0.4) is 0 Å². The predicted octanol–water partition coefficient (Wildman–Crippen LogP) is 5.50. The number of carbonyl (C=O) groups excluding carboxylic acids is 2. The first-order chi connectivity index (χ1) is 17.4. The third-order valence-electron chi connectivity index (χ3n) is 6.66. The molecule has 36 heavy (non-hydrogen) atoms. The lowest BCUT2D eigenvalue weighted by atomic mass is 9.74. The molecule has 0 aliphatic carbocycles. The molecule has 2 atom stereocenters. The second kappa shape index (κ2) is 10.9. The number of carbonyl (C=O) groups is 2. The first kappa shape index (κ1) is 25.4. The Kier molecular flexibility index (Phi) is 7.67. The van der Waals surface area contributed by atoms with E-state index in [1.807, 2.05) is 25.1 Å². The average molecular weight is 489 g/mol. The topological polar surface area (TPSA) is 91.0 Å². The summed E-state index contributed by atoms with van der Waals surface area (Å²) in [4.78, 5) is 30.9. The van der Waals surface area contributed by atoms with Crippen molar-refractivity contribution in [3.8, 4) is 0 Å². The van der Waals surface area contributed by atoms with Gasteiger partial charge in [-0.25, -0.2) is 4.79 Å². The molecule has 2 aromatic carbocycles. The third kappa shape index (κ3) is 4.83. The Morgan fingerprint density at radius 3 is 2.42 bits per heavy atom. The van der Waals surface area contributed by atoms with Crippen molar-refractivity contribution >= 4 is 28.4 Å². The van der Waals surface area contributed by atoms with Gasteiger partial charge in [0.2, 0.25) is 0 Å². The van der Waals surface area contributed by atoms with Gasteiger partial charge in [-0.2, -0.15) is 0 Å². The van der Waals surface area contributed by atoms with E-state index in [9.17, 15) is 9.59 Å². The monoisotopic (exact) mass is 488 g/mol. The number of hydrogen-bond acceptors (Lipinski definition) is 7. The molecule has 4 rings (SSSR count). The number of aromatic nitrogens is 1. The number of allylic oxidation sites excluding steroid dienone is 1. The molecule has 7 heteroatoms. The summed E-state index contributed by atoms with van der Waals surface area (Å²) in [6, 6.07) is 14.5. The van der Waals surface area contributed by atoms with Crippen LogP contribution in [-0.2, 0) is 31.9 Å².